The molecular formula is C21H18ClNO2. The molecule has 5 rings (SSSR count). The summed E-state index contributed by atoms with van der Waals surface area (Å²) >= 11 is 6.02. The highest BCUT2D eigenvalue weighted by atomic mass is 35.5. The monoisotopic (exact) mass is 351 g/mol. The standard InChI is InChI=1S/C21H18ClNO2/c22-16-8-5-14(6-9-16)21-23-20-15(12-25-21)11-24-18-10-7-13-3-1-2-4-17(13)19(18)20/h1-10,15,20-21,23H,11-12H2/t15-,20+,21+/m1/s1. The van der Waals surface area contributed by atoms with E-state index < -0.39 is 0 Å². The SMILES string of the molecule is Clc1ccc([C@H]2N[C@@H]3c4c(ccc5ccccc45)OC[C@@H]3CO2)cc1. The second kappa shape index (κ2) is 6.03. The van der Waals surface area contributed by atoms with Crippen LogP contribution in [0.4, 0.5) is 0 Å². The minimum absolute atomic E-state index is 0.136. The Morgan fingerprint density at radius 1 is 0.920 bits per heavy atom. The van der Waals surface area contributed by atoms with E-state index in [9.17, 15) is 0 Å². The quantitative estimate of drug-likeness (QED) is 0.679. The number of hydrogen-bond acceptors (Lipinski definition) is 3. The lowest BCUT2D eigenvalue weighted by Gasteiger charge is -2.41. The summed E-state index contributed by atoms with van der Waals surface area (Å²) in [6, 6.07) is 20.8. The zero-order valence-corrected chi connectivity index (χ0v) is 14.4. The van der Waals surface area contributed by atoms with Crippen molar-refractivity contribution in [1.82, 2.24) is 5.32 Å². The van der Waals surface area contributed by atoms with Crippen LogP contribution >= 0.6 is 11.6 Å². The number of rotatable bonds is 1. The summed E-state index contributed by atoms with van der Waals surface area (Å²) in [5.41, 5.74) is 2.34. The Morgan fingerprint density at radius 3 is 2.64 bits per heavy atom. The molecule has 0 amide bonds. The Kier molecular flexibility index (Phi) is 3.66. The first-order valence-electron chi connectivity index (χ1n) is 8.57. The molecule has 0 aliphatic carbocycles. The minimum Gasteiger partial charge on any atom is -0.493 e. The minimum atomic E-state index is -0.136. The molecule has 1 N–H and O–H groups in total. The first-order chi connectivity index (χ1) is 12.3. The van der Waals surface area contributed by atoms with Crippen LogP contribution in [0, 0.1) is 5.92 Å². The first kappa shape index (κ1) is 15.2. The molecule has 4 heteroatoms. The first-order valence-corrected chi connectivity index (χ1v) is 8.95. The van der Waals surface area contributed by atoms with E-state index in [0.29, 0.717) is 19.1 Å². The highest BCUT2D eigenvalue weighted by Gasteiger charge is 2.38. The van der Waals surface area contributed by atoms with Gasteiger partial charge in [0.15, 0.2) is 0 Å². The zero-order chi connectivity index (χ0) is 16.8. The summed E-state index contributed by atoms with van der Waals surface area (Å²) < 4.78 is 12.1. The third-order valence-corrected chi connectivity index (χ3v) is 5.40. The van der Waals surface area contributed by atoms with Crippen molar-refractivity contribution in [1.29, 1.82) is 0 Å². The van der Waals surface area contributed by atoms with Crippen molar-refractivity contribution in [3.63, 3.8) is 0 Å². The molecule has 3 nitrogen and oxygen atoms in total. The molecule has 0 bridgehead atoms. The van der Waals surface area contributed by atoms with E-state index in [2.05, 4.69) is 41.7 Å². The van der Waals surface area contributed by atoms with Crippen molar-refractivity contribution in [2.75, 3.05) is 13.2 Å². The fourth-order valence-electron chi connectivity index (χ4n) is 3.88. The Hall–Kier alpha value is -2.07. The molecule has 0 spiro atoms. The maximum absolute atomic E-state index is 6.07. The van der Waals surface area contributed by atoms with Crippen LogP contribution < -0.4 is 10.1 Å². The normalized spacial score (nSPS) is 25.1. The number of hydrogen-bond donors (Lipinski definition) is 1. The van der Waals surface area contributed by atoms with Crippen LogP contribution in [0.3, 0.4) is 0 Å². The van der Waals surface area contributed by atoms with Crippen molar-refractivity contribution in [3.8, 4) is 5.75 Å². The van der Waals surface area contributed by atoms with E-state index in [-0.39, 0.29) is 12.3 Å². The lowest BCUT2D eigenvalue weighted by atomic mass is 9.86. The van der Waals surface area contributed by atoms with E-state index in [1.54, 1.807) is 0 Å². The maximum Gasteiger partial charge on any atom is 0.134 e. The molecule has 1 fully saturated rings. The molecular weight excluding hydrogens is 334 g/mol. The Morgan fingerprint density at radius 2 is 1.76 bits per heavy atom. The molecule has 0 aromatic heterocycles. The number of halogens is 1. The van der Waals surface area contributed by atoms with Crippen LogP contribution in [-0.4, -0.2) is 13.2 Å². The molecule has 0 unspecified atom stereocenters. The molecule has 0 radical (unpaired) electrons. The van der Waals surface area contributed by atoms with Crippen molar-refractivity contribution < 1.29 is 9.47 Å². The third kappa shape index (κ3) is 2.60. The predicted molar refractivity (Wildman–Crippen MR) is 99.0 cm³/mol. The molecule has 2 heterocycles. The molecule has 3 atom stereocenters. The molecule has 2 aliphatic heterocycles. The lowest BCUT2D eigenvalue weighted by molar-refractivity contribution is -0.0708. The van der Waals surface area contributed by atoms with Crippen molar-refractivity contribution in [2.24, 2.45) is 5.92 Å². The van der Waals surface area contributed by atoms with E-state index in [1.807, 2.05) is 24.3 Å². The van der Waals surface area contributed by atoms with Gasteiger partial charge in [0, 0.05) is 22.5 Å². The molecule has 0 saturated carbocycles. The van der Waals surface area contributed by atoms with Gasteiger partial charge in [-0.05, 0) is 34.5 Å². The van der Waals surface area contributed by atoms with Gasteiger partial charge in [-0.25, -0.2) is 0 Å². The van der Waals surface area contributed by atoms with Crippen molar-refractivity contribution in [3.05, 3.63) is 76.8 Å². The highest BCUT2D eigenvalue weighted by Crippen LogP contribution is 2.43. The second-order valence-electron chi connectivity index (χ2n) is 6.68. The number of benzene rings is 3. The average molecular weight is 352 g/mol. The Bertz CT molecular complexity index is 925. The Balaban J connectivity index is 1.56. The van der Waals surface area contributed by atoms with Gasteiger partial charge in [-0.15, -0.1) is 0 Å². The molecule has 3 aromatic rings. The van der Waals surface area contributed by atoms with Crippen LogP contribution in [0.2, 0.25) is 5.02 Å². The summed E-state index contributed by atoms with van der Waals surface area (Å²) in [5.74, 6) is 1.28. The van der Waals surface area contributed by atoms with Gasteiger partial charge >= 0.3 is 0 Å². The smallest absolute Gasteiger partial charge is 0.134 e. The van der Waals surface area contributed by atoms with Gasteiger partial charge in [-0.3, -0.25) is 5.32 Å². The second-order valence-corrected chi connectivity index (χ2v) is 7.12. The van der Waals surface area contributed by atoms with Gasteiger partial charge in [-0.2, -0.15) is 0 Å². The van der Waals surface area contributed by atoms with Crippen LogP contribution in [0.15, 0.2) is 60.7 Å². The Labute approximate surface area is 151 Å². The van der Waals surface area contributed by atoms with E-state index in [1.165, 1.54) is 16.3 Å². The van der Waals surface area contributed by atoms with Gasteiger partial charge in [0.25, 0.3) is 0 Å². The van der Waals surface area contributed by atoms with Crippen LogP contribution in [0.25, 0.3) is 10.8 Å². The summed E-state index contributed by atoms with van der Waals surface area (Å²) in [6.45, 7) is 1.35. The lowest BCUT2D eigenvalue weighted by Crippen LogP contribution is -2.45. The molecule has 25 heavy (non-hydrogen) atoms. The number of nitrogens with one attached hydrogen (secondary N) is 1. The zero-order valence-electron chi connectivity index (χ0n) is 13.6. The predicted octanol–water partition coefficient (Wildman–Crippen LogP) is 4.86. The van der Waals surface area contributed by atoms with Crippen LogP contribution in [-0.2, 0) is 4.74 Å². The fourth-order valence-corrected chi connectivity index (χ4v) is 4.00. The van der Waals surface area contributed by atoms with Gasteiger partial charge in [0.1, 0.15) is 12.0 Å². The highest BCUT2D eigenvalue weighted by molar-refractivity contribution is 6.30. The third-order valence-electron chi connectivity index (χ3n) is 5.15. The largest absolute Gasteiger partial charge is 0.493 e. The van der Waals surface area contributed by atoms with E-state index >= 15 is 0 Å². The topological polar surface area (TPSA) is 30.5 Å². The number of fused-ring (bicyclic) bond motifs is 5. The van der Waals surface area contributed by atoms with Gasteiger partial charge in [0.2, 0.25) is 0 Å². The van der Waals surface area contributed by atoms with Crippen molar-refractivity contribution >= 4 is 22.4 Å². The molecule has 3 aromatic carbocycles. The molecule has 1 saturated heterocycles. The van der Waals surface area contributed by atoms with Crippen LogP contribution in [0.1, 0.15) is 23.4 Å². The fraction of sp³-hybridized carbons (Fsp3) is 0.238. The van der Waals surface area contributed by atoms with Gasteiger partial charge in [-0.1, -0.05) is 54.1 Å². The summed E-state index contributed by atoms with van der Waals surface area (Å²) in [5, 5.41) is 6.92. The number of ether oxygens (including phenoxy) is 2. The van der Waals surface area contributed by atoms with Gasteiger partial charge < -0.3 is 9.47 Å². The van der Waals surface area contributed by atoms with Crippen LogP contribution in [0.5, 0.6) is 5.75 Å². The van der Waals surface area contributed by atoms with E-state index in [0.717, 1.165) is 16.3 Å². The summed E-state index contributed by atoms with van der Waals surface area (Å²) in [4.78, 5) is 0. The van der Waals surface area contributed by atoms with E-state index in [4.69, 9.17) is 21.1 Å². The van der Waals surface area contributed by atoms with Crippen molar-refractivity contribution in [2.45, 2.75) is 12.3 Å². The average Bonchev–Trinajstić information content (AvgIpc) is 2.67. The summed E-state index contributed by atoms with van der Waals surface area (Å²) in [7, 11) is 0. The van der Waals surface area contributed by atoms with Gasteiger partial charge in [0.05, 0.1) is 13.2 Å². The molecule has 126 valence electrons. The maximum atomic E-state index is 6.07. The molecule has 2 aliphatic rings. The summed E-state index contributed by atoms with van der Waals surface area (Å²) in [6.07, 6.45) is -0.136.